The molecule has 1 fully saturated rings. The van der Waals surface area contributed by atoms with Crippen LogP contribution in [0.3, 0.4) is 0 Å². The summed E-state index contributed by atoms with van der Waals surface area (Å²) in [7, 11) is -3.01. The average molecular weight is 265 g/mol. The van der Waals surface area contributed by atoms with E-state index in [0.29, 0.717) is 23.0 Å². The van der Waals surface area contributed by atoms with Crippen molar-refractivity contribution in [3.05, 3.63) is 29.3 Å². The van der Waals surface area contributed by atoms with Crippen LogP contribution in [0.15, 0.2) is 23.1 Å². The van der Waals surface area contributed by atoms with Crippen molar-refractivity contribution in [2.24, 2.45) is 5.92 Å². The zero-order chi connectivity index (χ0) is 12.6. The molecule has 0 aromatic heterocycles. The number of hydrogen-bond acceptors (Lipinski definition) is 3. The fourth-order valence-electron chi connectivity index (χ4n) is 3.15. The smallest absolute Gasteiger partial charge is 0.179 e. The minimum absolute atomic E-state index is 0.294. The highest BCUT2D eigenvalue weighted by molar-refractivity contribution is 7.91. The van der Waals surface area contributed by atoms with Crippen LogP contribution in [-0.2, 0) is 22.7 Å². The highest BCUT2D eigenvalue weighted by Crippen LogP contribution is 2.31. The summed E-state index contributed by atoms with van der Waals surface area (Å²) in [6.07, 6.45) is 3.99. The Bertz CT molecular complexity index is 545. The third-order valence-electron chi connectivity index (χ3n) is 4.04. The van der Waals surface area contributed by atoms with Crippen molar-refractivity contribution in [2.75, 3.05) is 18.8 Å². The van der Waals surface area contributed by atoms with E-state index >= 15 is 0 Å². The Hall–Kier alpha value is -0.870. The molecule has 1 aromatic carbocycles. The van der Waals surface area contributed by atoms with Gasteiger partial charge in [0.1, 0.15) is 0 Å². The molecule has 2 aliphatic heterocycles. The summed E-state index contributed by atoms with van der Waals surface area (Å²) in [5.74, 6) is 0.878. The van der Waals surface area contributed by atoms with E-state index < -0.39 is 9.84 Å². The monoisotopic (exact) mass is 265 g/mol. The summed E-state index contributed by atoms with van der Waals surface area (Å²) in [5.41, 5.74) is 2.06. The predicted molar refractivity (Wildman–Crippen MR) is 71.5 cm³/mol. The molecule has 0 aliphatic carbocycles. The molecular formula is C14H19NO2S. The van der Waals surface area contributed by atoms with Crippen LogP contribution >= 0.6 is 0 Å². The average Bonchev–Trinajstić information content (AvgIpc) is 2.68. The second-order valence-corrected chi connectivity index (χ2v) is 7.44. The molecule has 2 heterocycles. The SMILES string of the molecule is O=S1(=O)CCc2cccc(CC3CCCNC3)c21. The molecule has 1 atom stereocenters. The number of aryl methyl sites for hydroxylation is 1. The maximum absolute atomic E-state index is 12.1. The molecule has 18 heavy (non-hydrogen) atoms. The first-order valence-corrected chi connectivity index (χ1v) is 8.36. The highest BCUT2D eigenvalue weighted by Gasteiger charge is 2.29. The van der Waals surface area contributed by atoms with E-state index in [9.17, 15) is 8.42 Å². The van der Waals surface area contributed by atoms with Crippen molar-refractivity contribution in [3.63, 3.8) is 0 Å². The Balaban J connectivity index is 1.91. The third kappa shape index (κ3) is 2.19. The lowest BCUT2D eigenvalue weighted by Crippen LogP contribution is -2.31. The molecule has 0 saturated carbocycles. The van der Waals surface area contributed by atoms with Crippen molar-refractivity contribution in [3.8, 4) is 0 Å². The Morgan fingerprint density at radius 1 is 1.33 bits per heavy atom. The Kier molecular flexibility index (Phi) is 3.16. The van der Waals surface area contributed by atoms with Gasteiger partial charge in [-0.3, -0.25) is 0 Å². The van der Waals surface area contributed by atoms with Crippen LogP contribution in [0.25, 0.3) is 0 Å². The van der Waals surface area contributed by atoms with E-state index in [-0.39, 0.29) is 0 Å². The number of rotatable bonds is 2. The summed E-state index contributed by atoms with van der Waals surface area (Å²) in [5, 5.41) is 3.39. The van der Waals surface area contributed by atoms with E-state index in [1.807, 2.05) is 18.2 Å². The molecule has 1 N–H and O–H groups in total. The quantitative estimate of drug-likeness (QED) is 0.882. The van der Waals surface area contributed by atoms with Crippen LogP contribution < -0.4 is 5.32 Å². The van der Waals surface area contributed by atoms with E-state index in [1.54, 1.807) is 0 Å². The first-order chi connectivity index (χ1) is 8.67. The van der Waals surface area contributed by atoms with Crippen LogP contribution in [0.2, 0.25) is 0 Å². The molecule has 3 nitrogen and oxygen atoms in total. The van der Waals surface area contributed by atoms with E-state index in [1.165, 1.54) is 12.8 Å². The lowest BCUT2D eigenvalue weighted by atomic mass is 9.91. The molecule has 98 valence electrons. The molecule has 2 aliphatic rings. The predicted octanol–water partition coefficient (Wildman–Crippen LogP) is 1.56. The first kappa shape index (κ1) is 12.2. The van der Waals surface area contributed by atoms with Gasteiger partial charge in [-0.25, -0.2) is 8.42 Å². The molecule has 0 radical (unpaired) electrons. The molecule has 3 rings (SSSR count). The van der Waals surface area contributed by atoms with Gasteiger partial charge in [0.2, 0.25) is 0 Å². The lowest BCUT2D eigenvalue weighted by Gasteiger charge is -2.23. The fraction of sp³-hybridized carbons (Fsp3) is 0.571. The van der Waals surface area contributed by atoms with Gasteiger partial charge in [0.05, 0.1) is 10.6 Å². The number of hydrogen-bond donors (Lipinski definition) is 1. The zero-order valence-electron chi connectivity index (χ0n) is 10.5. The fourth-order valence-corrected chi connectivity index (χ4v) is 4.96. The summed E-state index contributed by atoms with van der Waals surface area (Å²) >= 11 is 0. The molecule has 0 bridgehead atoms. The van der Waals surface area contributed by atoms with Crippen LogP contribution in [-0.4, -0.2) is 27.3 Å². The van der Waals surface area contributed by atoms with Crippen molar-refractivity contribution in [2.45, 2.75) is 30.6 Å². The molecule has 1 aromatic rings. The van der Waals surface area contributed by atoms with Gasteiger partial charge in [-0.05, 0) is 55.8 Å². The topological polar surface area (TPSA) is 46.2 Å². The maximum atomic E-state index is 12.1. The lowest BCUT2D eigenvalue weighted by molar-refractivity contribution is 0.374. The van der Waals surface area contributed by atoms with Crippen LogP contribution in [0.1, 0.15) is 24.0 Å². The Morgan fingerprint density at radius 2 is 2.22 bits per heavy atom. The minimum Gasteiger partial charge on any atom is -0.316 e. The highest BCUT2D eigenvalue weighted by atomic mass is 32.2. The maximum Gasteiger partial charge on any atom is 0.179 e. The van der Waals surface area contributed by atoms with Crippen molar-refractivity contribution < 1.29 is 8.42 Å². The van der Waals surface area contributed by atoms with Gasteiger partial charge in [0, 0.05) is 0 Å². The summed E-state index contributed by atoms with van der Waals surface area (Å²) in [4.78, 5) is 0.649. The second kappa shape index (κ2) is 4.67. The van der Waals surface area contributed by atoms with Gasteiger partial charge in [0.15, 0.2) is 9.84 Å². The number of sulfone groups is 1. The Labute approximate surface area is 109 Å². The van der Waals surface area contributed by atoms with Crippen LogP contribution in [0, 0.1) is 5.92 Å². The van der Waals surface area contributed by atoms with Gasteiger partial charge in [-0.1, -0.05) is 18.2 Å². The Morgan fingerprint density at radius 3 is 3.00 bits per heavy atom. The van der Waals surface area contributed by atoms with Crippen LogP contribution in [0.5, 0.6) is 0 Å². The zero-order valence-corrected chi connectivity index (χ0v) is 11.3. The number of benzene rings is 1. The van der Waals surface area contributed by atoms with Gasteiger partial charge < -0.3 is 5.32 Å². The molecule has 0 amide bonds. The minimum atomic E-state index is -3.01. The first-order valence-electron chi connectivity index (χ1n) is 6.71. The summed E-state index contributed by atoms with van der Waals surface area (Å²) < 4.78 is 24.2. The standard InChI is InChI=1S/C14H19NO2S/c16-18(17)8-6-12-4-1-5-13(14(12)18)9-11-3-2-7-15-10-11/h1,4-5,11,15H,2-3,6-10H2. The van der Waals surface area contributed by atoms with Gasteiger partial charge in [0.25, 0.3) is 0 Å². The second-order valence-electron chi connectivity index (χ2n) is 5.39. The van der Waals surface area contributed by atoms with Crippen LogP contribution in [0.4, 0.5) is 0 Å². The molecule has 1 saturated heterocycles. The van der Waals surface area contributed by atoms with Gasteiger partial charge >= 0.3 is 0 Å². The number of fused-ring (bicyclic) bond motifs is 1. The molecule has 0 spiro atoms. The molecule has 1 unspecified atom stereocenters. The largest absolute Gasteiger partial charge is 0.316 e. The molecule has 4 heteroatoms. The van der Waals surface area contributed by atoms with Crippen molar-refractivity contribution in [1.29, 1.82) is 0 Å². The van der Waals surface area contributed by atoms with Gasteiger partial charge in [-0.2, -0.15) is 0 Å². The third-order valence-corrected chi connectivity index (χ3v) is 5.92. The van der Waals surface area contributed by atoms with Crippen molar-refractivity contribution >= 4 is 9.84 Å². The van der Waals surface area contributed by atoms with E-state index in [4.69, 9.17) is 0 Å². The van der Waals surface area contributed by atoms with E-state index in [2.05, 4.69) is 5.32 Å². The van der Waals surface area contributed by atoms with E-state index in [0.717, 1.165) is 30.6 Å². The van der Waals surface area contributed by atoms with Crippen molar-refractivity contribution in [1.82, 2.24) is 5.32 Å². The summed E-state index contributed by atoms with van der Waals surface area (Å²) in [6.45, 7) is 2.12. The summed E-state index contributed by atoms with van der Waals surface area (Å²) in [6, 6.07) is 5.96. The number of nitrogens with one attached hydrogen (secondary N) is 1. The molecular weight excluding hydrogens is 246 g/mol. The van der Waals surface area contributed by atoms with Gasteiger partial charge in [-0.15, -0.1) is 0 Å². The normalized spacial score (nSPS) is 25.9. The number of piperidine rings is 1.